The van der Waals surface area contributed by atoms with Gasteiger partial charge >= 0.3 is 0 Å². The Morgan fingerprint density at radius 3 is 2.73 bits per heavy atom. The van der Waals surface area contributed by atoms with Crippen LogP contribution in [-0.4, -0.2) is 49.3 Å². The second-order valence-corrected chi connectivity index (χ2v) is 6.66. The van der Waals surface area contributed by atoms with E-state index >= 15 is 0 Å². The summed E-state index contributed by atoms with van der Waals surface area (Å²) in [5.74, 6) is 2.97. The van der Waals surface area contributed by atoms with E-state index in [0.717, 1.165) is 41.9 Å². The van der Waals surface area contributed by atoms with Crippen LogP contribution in [0.4, 0.5) is 0 Å². The van der Waals surface area contributed by atoms with Crippen molar-refractivity contribution in [2.24, 2.45) is 4.99 Å². The molecule has 156 valence electrons. The number of nitrogens with one attached hydrogen (secondary N) is 2. The van der Waals surface area contributed by atoms with E-state index in [1.807, 2.05) is 35.1 Å². The maximum absolute atomic E-state index is 5.75. The van der Waals surface area contributed by atoms with E-state index in [0.29, 0.717) is 13.2 Å². The van der Waals surface area contributed by atoms with Gasteiger partial charge in [-0.15, -0.1) is 0 Å². The number of rotatable bonds is 8. The molecule has 1 aliphatic heterocycles. The third-order valence-corrected chi connectivity index (χ3v) is 4.64. The largest absolute Gasteiger partial charge is 0.492 e. The second kappa shape index (κ2) is 9.69. The summed E-state index contributed by atoms with van der Waals surface area (Å²) < 4.78 is 18.3. The van der Waals surface area contributed by atoms with Gasteiger partial charge < -0.3 is 24.8 Å². The van der Waals surface area contributed by atoms with E-state index in [4.69, 9.17) is 14.2 Å². The Hall–Kier alpha value is -3.68. The van der Waals surface area contributed by atoms with Gasteiger partial charge in [-0.25, -0.2) is 4.68 Å². The molecule has 1 aromatic heterocycles. The maximum Gasteiger partial charge on any atom is 0.231 e. The average Bonchev–Trinajstić information content (AvgIpc) is 3.47. The topological polar surface area (TPSA) is 81.9 Å². The summed E-state index contributed by atoms with van der Waals surface area (Å²) in [4.78, 5) is 4.25. The Morgan fingerprint density at radius 2 is 1.93 bits per heavy atom. The first-order valence-electron chi connectivity index (χ1n) is 9.88. The van der Waals surface area contributed by atoms with Crippen LogP contribution in [0.15, 0.2) is 65.9 Å². The molecular weight excluding hydrogens is 382 g/mol. The monoisotopic (exact) mass is 407 g/mol. The zero-order chi connectivity index (χ0) is 20.6. The van der Waals surface area contributed by atoms with Crippen molar-refractivity contribution in [2.75, 3.05) is 33.5 Å². The number of aromatic nitrogens is 2. The summed E-state index contributed by atoms with van der Waals surface area (Å²) in [6, 6.07) is 15.9. The molecule has 0 atom stereocenters. The highest BCUT2D eigenvalue weighted by Gasteiger charge is 2.13. The fourth-order valence-electron chi connectivity index (χ4n) is 3.09. The van der Waals surface area contributed by atoms with E-state index < -0.39 is 0 Å². The minimum absolute atomic E-state index is 0.261. The van der Waals surface area contributed by atoms with Gasteiger partial charge in [-0.2, -0.15) is 5.10 Å². The zero-order valence-corrected chi connectivity index (χ0v) is 16.9. The van der Waals surface area contributed by atoms with Crippen molar-refractivity contribution in [3.63, 3.8) is 0 Å². The molecule has 0 unspecified atom stereocenters. The van der Waals surface area contributed by atoms with Crippen molar-refractivity contribution in [1.29, 1.82) is 0 Å². The third kappa shape index (κ3) is 5.02. The van der Waals surface area contributed by atoms with E-state index in [-0.39, 0.29) is 6.79 Å². The van der Waals surface area contributed by atoms with E-state index in [1.165, 1.54) is 5.56 Å². The SMILES string of the molecule is CN=C(NCCOc1ccc2c(c1)OCO2)NCCc1ccc(-n2cccn2)cc1. The lowest BCUT2D eigenvalue weighted by Crippen LogP contribution is -2.40. The molecular formula is C22H25N5O3. The number of aliphatic imine (C=N–C) groups is 1. The molecule has 0 aliphatic carbocycles. The molecule has 2 heterocycles. The average molecular weight is 407 g/mol. The molecule has 30 heavy (non-hydrogen) atoms. The summed E-state index contributed by atoms with van der Waals surface area (Å²) in [5.41, 5.74) is 2.30. The number of fused-ring (bicyclic) bond motifs is 1. The molecule has 2 aromatic carbocycles. The molecule has 0 bridgehead atoms. The molecule has 8 heteroatoms. The van der Waals surface area contributed by atoms with E-state index in [2.05, 4.69) is 45.0 Å². The fourth-order valence-corrected chi connectivity index (χ4v) is 3.09. The van der Waals surface area contributed by atoms with Gasteiger partial charge in [-0.1, -0.05) is 12.1 Å². The van der Waals surface area contributed by atoms with Crippen LogP contribution in [0.25, 0.3) is 5.69 Å². The number of guanidine groups is 1. The molecule has 0 saturated carbocycles. The van der Waals surface area contributed by atoms with Crippen LogP contribution in [0.5, 0.6) is 17.2 Å². The number of hydrogen-bond acceptors (Lipinski definition) is 5. The van der Waals surface area contributed by atoms with Crippen molar-refractivity contribution < 1.29 is 14.2 Å². The van der Waals surface area contributed by atoms with Gasteiger partial charge in [0.2, 0.25) is 6.79 Å². The maximum atomic E-state index is 5.75. The van der Waals surface area contributed by atoms with Gasteiger partial charge in [-0.05, 0) is 42.3 Å². The van der Waals surface area contributed by atoms with Crippen LogP contribution in [-0.2, 0) is 6.42 Å². The summed E-state index contributed by atoms with van der Waals surface area (Å²) >= 11 is 0. The van der Waals surface area contributed by atoms with Gasteiger partial charge in [0, 0.05) is 32.1 Å². The van der Waals surface area contributed by atoms with Crippen LogP contribution in [0, 0.1) is 0 Å². The molecule has 0 spiro atoms. The van der Waals surface area contributed by atoms with Crippen molar-refractivity contribution in [1.82, 2.24) is 20.4 Å². The normalized spacial score (nSPS) is 12.6. The van der Waals surface area contributed by atoms with E-state index in [1.54, 1.807) is 13.2 Å². The highest BCUT2D eigenvalue weighted by atomic mass is 16.7. The first kappa shape index (κ1) is 19.6. The summed E-state index contributed by atoms with van der Waals surface area (Å²) in [5, 5.41) is 10.8. The lowest BCUT2D eigenvalue weighted by molar-refractivity contribution is 0.173. The van der Waals surface area contributed by atoms with Gasteiger partial charge in [0.15, 0.2) is 17.5 Å². The Bertz CT molecular complexity index is 971. The fraction of sp³-hybridized carbons (Fsp3) is 0.273. The Balaban J connectivity index is 1.15. The van der Waals surface area contributed by atoms with Crippen LogP contribution in [0.2, 0.25) is 0 Å². The van der Waals surface area contributed by atoms with Crippen molar-refractivity contribution >= 4 is 5.96 Å². The van der Waals surface area contributed by atoms with Gasteiger partial charge in [0.1, 0.15) is 12.4 Å². The number of hydrogen-bond donors (Lipinski definition) is 2. The lowest BCUT2D eigenvalue weighted by Gasteiger charge is -2.13. The molecule has 8 nitrogen and oxygen atoms in total. The van der Waals surface area contributed by atoms with E-state index in [9.17, 15) is 0 Å². The summed E-state index contributed by atoms with van der Waals surface area (Å²) in [6.07, 6.45) is 4.60. The van der Waals surface area contributed by atoms with Crippen molar-refractivity contribution in [3.05, 3.63) is 66.5 Å². The lowest BCUT2D eigenvalue weighted by atomic mass is 10.1. The van der Waals surface area contributed by atoms with Crippen LogP contribution in [0.3, 0.4) is 0 Å². The molecule has 3 aromatic rings. The highest BCUT2D eigenvalue weighted by molar-refractivity contribution is 5.79. The summed E-state index contributed by atoms with van der Waals surface area (Å²) in [6.45, 7) is 2.18. The standard InChI is InChI=1S/C22H25N5O3/c1-23-22(25-12-14-28-19-7-8-20-21(15-19)30-16-29-20)24-11-9-17-3-5-18(6-4-17)27-13-2-10-26-27/h2-8,10,13,15H,9,11-12,14,16H2,1H3,(H2,23,24,25). The number of benzene rings is 2. The third-order valence-electron chi connectivity index (χ3n) is 4.64. The van der Waals surface area contributed by atoms with Crippen LogP contribution >= 0.6 is 0 Å². The molecule has 0 saturated heterocycles. The van der Waals surface area contributed by atoms with Gasteiger partial charge in [0.05, 0.1) is 12.2 Å². The molecule has 2 N–H and O–H groups in total. The summed E-state index contributed by atoms with van der Waals surface area (Å²) in [7, 11) is 1.76. The van der Waals surface area contributed by atoms with Crippen molar-refractivity contribution in [3.8, 4) is 22.9 Å². The number of nitrogens with zero attached hydrogens (tertiary/aromatic N) is 3. The molecule has 1 aliphatic rings. The molecule has 4 rings (SSSR count). The van der Waals surface area contributed by atoms with Gasteiger partial charge in [0.25, 0.3) is 0 Å². The first-order valence-corrected chi connectivity index (χ1v) is 9.88. The molecule has 0 fully saturated rings. The van der Waals surface area contributed by atoms with Crippen LogP contribution < -0.4 is 24.8 Å². The highest BCUT2D eigenvalue weighted by Crippen LogP contribution is 2.34. The zero-order valence-electron chi connectivity index (χ0n) is 16.9. The predicted octanol–water partition coefficient (Wildman–Crippen LogP) is 2.39. The minimum atomic E-state index is 0.261. The van der Waals surface area contributed by atoms with Gasteiger partial charge in [-0.3, -0.25) is 4.99 Å². The predicted molar refractivity (Wildman–Crippen MR) is 115 cm³/mol. The second-order valence-electron chi connectivity index (χ2n) is 6.66. The smallest absolute Gasteiger partial charge is 0.231 e. The Labute approximate surface area is 175 Å². The first-order chi connectivity index (χ1) is 14.8. The quantitative estimate of drug-likeness (QED) is 0.339. The molecule has 0 radical (unpaired) electrons. The Kier molecular flexibility index (Phi) is 6.34. The van der Waals surface area contributed by atoms with Crippen molar-refractivity contribution in [2.45, 2.75) is 6.42 Å². The minimum Gasteiger partial charge on any atom is -0.492 e. The van der Waals surface area contributed by atoms with Crippen LogP contribution in [0.1, 0.15) is 5.56 Å². The number of ether oxygens (including phenoxy) is 3. The molecule has 0 amide bonds. The Morgan fingerprint density at radius 1 is 1.10 bits per heavy atom.